The SMILES string of the molecule is CCCC(OC(=O)C(O)CO)(OC(=O)C(O)CO)C(OC(=O)C(O)CO)(OC(=O)C(O)CO)OC(=O)C(O)CO. The highest BCUT2D eigenvalue weighted by molar-refractivity contribution is 5.81. The second-order valence-corrected chi connectivity index (χ2v) is 7.66. The molecule has 0 bridgehead atoms. The quantitative estimate of drug-likeness (QED) is 0.0521. The number of hydrogen-bond acceptors (Lipinski definition) is 20. The molecule has 5 unspecified atom stereocenters. The van der Waals surface area contributed by atoms with Gasteiger partial charge in [-0.15, -0.1) is 0 Å². The van der Waals surface area contributed by atoms with Crippen LogP contribution in [0.15, 0.2) is 0 Å². The van der Waals surface area contributed by atoms with Crippen LogP contribution in [0.2, 0.25) is 0 Å². The summed E-state index contributed by atoms with van der Waals surface area (Å²) in [6.45, 7) is -5.83. The van der Waals surface area contributed by atoms with Crippen molar-refractivity contribution in [3.8, 4) is 0 Å². The Bertz CT molecular complexity index is 775. The molecule has 0 aliphatic carbocycles. The molecule has 20 heteroatoms. The van der Waals surface area contributed by atoms with Crippen molar-refractivity contribution < 1.29 is 98.7 Å². The van der Waals surface area contributed by atoms with Crippen LogP contribution in [0, 0.1) is 0 Å². The lowest BCUT2D eigenvalue weighted by atomic mass is 10.1. The molecule has 0 aliphatic rings. The van der Waals surface area contributed by atoms with Crippen LogP contribution < -0.4 is 0 Å². The lowest BCUT2D eigenvalue weighted by Crippen LogP contribution is -2.68. The van der Waals surface area contributed by atoms with E-state index in [0.717, 1.165) is 0 Å². The zero-order valence-corrected chi connectivity index (χ0v) is 20.9. The van der Waals surface area contributed by atoms with Crippen LogP contribution in [0.1, 0.15) is 19.8 Å². The normalized spacial score (nSPS) is 18.0. The van der Waals surface area contributed by atoms with Crippen LogP contribution in [0.5, 0.6) is 0 Å². The van der Waals surface area contributed by atoms with Crippen molar-refractivity contribution in [1.29, 1.82) is 0 Å². The monoisotopic (exact) mass is 592 g/mol. The van der Waals surface area contributed by atoms with Crippen molar-refractivity contribution >= 4 is 29.8 Å². The van der Waals surface area contributed by atoms with E-state index in [1.165, 1.54) is 6.92 Å². The number of carbonyl (C=O) groups is 5. The lowest BCUT2D eigenvalue weighted by molar-refractivity contribution is -0.447. The Kier molecular flexibility index (Phi) is 15.6. The fraction of sp³-hybridized carbons (Fsp3) is 0.750. The van der Waals surface area contributed by atoms with E-state index in [9.17, 15) is 49.5 Å². The first-order chi connectivity index (χ1) is 18.6. The van der Waals surface area contributed by atoms with Crippen molar-refractivity contribution in [2.45, 2.75) is 62.0 Å². The Morgan fingerprint density at radius 3 is 0.925 bits per heavy atom. The molecule has 0 saturated carbocycles. The summed E-state index contributed by atoms with van der Waals surface area (Å²) in [5.74, 6) is -18.2. The molecule has 0 aliphatic heterocycles. The van der Waals surface area contributed by atoms with Gasteiger partial charge < -0.3 is 74.7 Å². The number of esters is 5. The van der Waals surface area contributed by atoms with Crippen molar-refractivity contribution in [2.24, 2.45) is 0 Å². The maximum absolute atomic E-state index is 12.5. The molecule has 0 heterocycles. The highest BCUT2D eigenvalue weighted by Crippen LogP contribution is 2.40. The van der Waals surface area contributed by atoms with E-state index in [-0.39, 0.29) is 0 Å². The van der Waals surface area contributed by atoms with E-state index in [4.69, 9.17) is 49.2 Å². The fourth-order valence-electron chi connectivity index (χ4n) is 2.46. The summed E-state index contributed by atoms with van der Waals surface area (Å²) in [6, 6.07) is 0. The topological polar surface area (TPSA) is 334 Å². The van der Waals surface area contributed by atoms with E-state index in [2.05, 4.69) is 0 Å². The van der Waals surface area contributed by atoms with Crippen LogP contribution in [0.25, 0.3) is 0 Å². The number of hydrogen-bond donors (Lipinski definition) is 10. The van der Waals surface area contributed by atoms with Gasteiger partial charge in [0.1, 0.15) is 0 Å². The molecule has 232 valence electrons. The minimum atomic E-state index is -4.23. The van der Waals surface area contributed by atoms with E-state index >= 15 is 0 Å². The number of ether oxygens (including phenoxy) is 5. The molecule has 0 aromatic rings. The van der Waals surface area contributed by atoms with Crippen molar-refractivity contribution in [3.63, 3.8) is 0 Å². The summed E-state index contributed by atoms with van der Waals surface area (Å²) in [4.78, 5) is 62.7. The molecule has 0 fully saturated rings. The van der Waals surface area contributed by atoms with Gasteiger partial charge in [-0.3, -0.25) is 0 Å². The lowest BCUT2D eigenvalue weighted by Gasteiger charge is -2.44. The minimum absolute atomic E-state index is 0.424. The molecule has 40 heavy (non-hydrogen) atoms. The zero-order chi connectivity index (χ0) is 31.3. The third-order valence-electron chi connectivity index (χ3n) is 4.51. The maximum Gasteiger partial charge on any atom is 0.506 e. The van der Waals surface area contributed by atoms with Gasteiger partial charge in [0.25, 0.3) is 0 Å². The molecule has 0 radical (unpaired) electrons. The predicted octanol–water partition coefficient (Wildman–Crippen LogP) is -7.38. The van der Waals surface area contributed by atoms with E-state index in [0.29, 0.717) is 0 Å². The molecular weight excluding hydrogens is 560 g/mol. The van der Waals surface area contributed by atoms with Gasteiger partial charge in [-0.1, -0.05) is 6.92 Å². The zero-order valence-electron chi connectivity index (χ0n) is 20.9. The summed E-state index contributed by atoms with van der Waals surface area (Å²) in [5, 5.41) is 94.3. The van der Waals surface area contributed by atoms with Crippen molar-refractivity contribution in [1.82, 2.24) is 0 Å². The summed E-state index contributed by atoms with van der Waals surface area (Å²) in [6.07, 6.45) is -14.2. The fourth-order valence-corrected chi connectivity index (χ4v) is 2.46. The number of aliphatic hydroxyl groups is 10. The first-order valence-electron chi connectivity index (χ1n) is 11.2. The van der Waals surface area contributed by atoms with Crippen LogP contribution in [0.3, 0.4) is 0 Å². The molecule has 0 rings (SSSR count). The Morgan fingerprint density at radius 1 is 0.500 bits per heavy atom. The second kappa shape index (κ2) is 16.9. The van der Waals surface area contributed by atoms with Crippen LogP contribution >= 0.6 is 0 Å². The van der Waals surface area contributed by atoms with Crippen LogP contribution in [-0.2, 0) is 47.7 Å². The highest BCUT2D eigenvalue weighted by atomic mass is 16.9. The standard InChI is InChI=1S/C20H32O20/c1-2-3-19(36-14(31)9(26)4-21,37-15(32)10(27)5-22)20(38-16(33)11(28)6-23,39-17(34)12(29)7-24)40-18(35)13(30)8-25/h9-13,21-30H,2-8H2,1H3. The molecule has 0 aromatic heterocycles. The number of carbonyl (C=O) groups excluding carboxylic acids is 5. The summed E-state index contributed by atoms with van der Waals surface area (Å²) in [5.41, 5.74) is 0. The Balaban J connectivity index is 7.72. The third-order valence-corrected chi connectivity index (χ3v) is 4.51. The largest absolute Gasteiger partial charge is 0.506 e. The second-order valence-electron chi connectivity index (χ2n) is 7.66. The van der Waals surface area contributed by atoms with Gasteiger partial charge in [0, 0.05) is 6.42 Å². The predicted molar refractivity (Wildman–Crippen MR) is 116 cm³/mol. The van der Waals surface area contributed by atoms with E-state index < -0.39 is 118 Å². The number of rotatable bonds is 18. The van der Waals surface area contributed by atoms with Gasteiger partial charge in [0.15, 0.2) is 30.5 Å². The van der Waals surface area contributed by atoms with Gasteiger partial charge in [-0.2, -0.15) is 0 Å². The Morgan fingerprint density at radius 2 is 0.725 bits per heavy atom. The van der Waals surface area contributed by atoms with Gasteiger partial charge in [-0.25, -0.2) is 24.0 Å². The maximum atomic E-state index is 12.5. The van der Waals surface area contributed by atoms with Crippen molar-refractivity contribution in [3.05, 3.63) is 0 Å². The molecule has 0 aromatic carbocycles. The van der Waals surface area contributed by atoms with Crippen molar-refractivity contribution in [2.75, 3.05) is 33.0 Å². The molecule has 20 nitrogen and oxygen atoms in total. The third kappa shape index (κ3) is 9.55. The molecule has 0 spiro atoms. The van der Waals surface area contributed by atoms with Crippen LogP contribution in [-0.4, -0.2) is 156 Å². The molecule has 0 amide bonds. The summed E-state index contributed by atoms with van der Waals surface area (Å²) >= 11 is 0. The molecule has 0 saturated heterocycles. The van der Waals surface area contributed by atoms with E-state index in [1.807, 2.05) is 0 Å². The first-order valence-corrected chi connectivity index (χ1v) is 11.2. The average molecular weight is 592 g/mol. The average Bonchev–Trinajstić information content (AvgIpc) is 2.93. The minimum Gasteiger partial charge on any atom is -0.409 e. The number of aliphatic hydroxyl groups excluding tert-OH is 10. The smallest absolute Gasteiger partial charge is 0.409 e. The van der Waals surface area contributed by atoms with Gasteiger partial charge in [0.2, 0.25) is 0 Å². The Hall–Kier alpha value is -3.05. The van der Waals surface area contributed by atoms with Gasteiger partial charge in [0.05, 0.1) is 33.0 Å². The summed E-state index contributed by atoms with van der Waals surface area (Å²) < 4.78 is 23.8. The molecular formula is C20H32O20. The van der Waals surface area contributed by atoms with Gasteiger partial charge in [-0.05, 0) is 6.42 Å². The summed E-state index contributed by atoms with van der Waals surface area (Å²) in [7, 11) is 0. The highest BCUT2D eigenvalue weighted by Gasteiger charge is 2.70. The molecule has 10 N–H and O–H groups in total. The first kappa shape index (κ1) is 37.0. The van der Waals surface area contributed by atoms with Crippen LogP contribution in [0.4, 0.5) is 0 Å². The molecule has 5 atom stereocenters. The van der Waals surface area contributed by atoms with E-state index in [1.54, 1.807) is 0 Å². The Labute approximate surface area is 224 Å². The van der Waals surface area contributed by atoms with Gasteiger partial charge >= 0.3 is 41.6 Å².